The fraction of sp³-hybridized carbons (Fsp3) is 0.176. The largest absolute Gasteiger partial charge is 0.546 e. The maximum atomic E-state index is 12.0. The number of nitrogens with one attached hydrogen (secondary N) is 2. The Bertz CT molecular complexity index is 837. The van der Waals surface area contributed by atoms with E-state index in [1.165, 1.54) is 19.2 Å². The molecule has 0 fully saturated rings. The van der Waals surface area contributed by atoms with Crippen molar-refractivity contribution in [1.29, 1.82) is 0 Å². The number of nitro groups is 1. The molecule has 27 heavy (non-hydrogen) atoms. The first-order valence-corrected chi connectivity index (χ1v) is 7.68. The Morgan fingerprint density at radius 1 is 1.15 bits per heavy atom. The molecule has 0 spiro atoms. The number of nitrogens with zero attached hydrogens (tertiary/aromatic N) is 1. The zero-order valence-corrected chi connectivity index (χ0v) is 14.3. The number of rotatable bonds is 9. The highest BCUT2D eigenvalue weighted by Crippen LogP contribution is 2.29. The Kier molecular flexibility index (Phi) is 6.53. The summed E-state index contributed by atoms with van der Waals surface area (Å²) in [4.78, 5) is 32.8. The number of carboxylic acids is 1. The summed E-state index contributed by atoms with van der Waals surface area (Å²) >= 11 is 0. The van der Waals surface area contributed by atoms with E-state index in [-0.39, 0.29) is 29.6 Å². The fourth-order valence-corrected chi connectivity index (χ4v) is 2.08. The van der Waals surface area contributed by atoms with Crippen molar-refractivity contribution < 1.29 is 29.1 Å². The van der Waals surface area contributed by atoms with Crippen LogP contribution in [0.15, 0.2) is 42.5 Å². The summed E-state index contributed by atoms with van der Waals surface area (Å²) < 4.78 is 10.0. The van der Waals surface area contributed by atoms with Crippen LogP contribution in [-0.2, 0) is 9.59 Å². The molecule has 10 nitrogen and oxygen atoms in total. The lowest BCUT2D eigenvalue weighted by molar-refractivity contribution is -0.384. The summed E-state index contributed by atoms with van der Waals surface area (Å²) in [5, 5.41) is 26.8. The van der Waals surface area contributed by atoms with Crippen molar-refractivity contribution in [3.63, 3.8) is 0 Å². The predicted octanol–water partition coefficient (Wildman–Crippen LogP) is 0.783. The van der Waals surface area contributed by atoms with Gasteiger partial charge in [-0.1, -0.05) is 0 Å². The van der Waals surface area contributed by atoms with E-state index in [0.29, 0.717) is 11.4 Å². The van der Waals surface area contributed by atoms with Gasteiger partial charge in [0.05, 0.1) is 36.3 Å². The SMILES string of the molecule is COc1ccc(NC(=O)CNc2ccc([N+](=O)[O-])cc2OCC(=O)[O-])cc1. The van der Waals surface area contributed by atoms with Gasteiger partial charge in [0.25, 0.3) is 5.69 Å². The van der Waals surface area contributed by atoms with Crippen molar-refractivity contribution in [1.82, 2.24) is 0 Å². The third-order valence-corrected chi connectivity index (χ3v) is 3.33. The molecule has 2 aromatic carbocycles. The highest BCUT2D eigenvalue weighted by Gasteiger charge is 2.13. The molecule has 2 N–H and O–H groups in total. The average Bonchev–Trinajstić information content (AvgIpc) is 2.65. The lowest BCUT2D eigenvalue weighted by Crippen LogP contribution is -2.29. The number of aliphatic carboxylic acids is 1. The van der Waals surface area contributed by atoms with Crippen LogP contribution in [0.5, 0.6) is 11.5 Å². The molecule has 142 valence electrons. The van der Waals surface area contributed by atoms with Crippen LogP contribution in [-0.4, -0.2) is 37.1 Å². The van der Waals surface area contributed by atoms with Gasteiger partial charge in [-0.15, -0.1) is 0 Å². The number of non-ortho nitro benzene ring substituents is 1. The van der Waals surface area contributed by atoms with Gasteiger partial charge in [-0.3, -0.25) is 14.9 Å². The van der Waals surface area contributed by atoms with Crippen LogP contribution < -0.4 is 25.2 Å². The first-order valence-electron chi connectivity index (χ1n) is 7.68. The number of methoxy groups -OCH3 is 1. The normalized spacial score (nSPS) is 9.96. The molecule has 0 radical (unpaired) electrons. The summed E-state index contributed by atoms with van der Waals surface area (Å²) in [7, 11) is 1.53. The molecular weight excluding hydrogens is 358 g/mol. The van der Waals surface area contributed by atoms with Gasteiger partial charge in [0.1, 0.15) is 18.1 Å². The summed E-state index contributed by atoms with van der Waals surface area (Å²) in [6.07, 6.45) is 0. The Labute approximate surface area is 153 Å². The molecule has 0 atom stereocenters. The minimum Gasteiger partial charge on any atom is -0.546 e. The number of carbonyl (C=O) groups is 2. The Morgan fingerprint density at radius 3 is 2.44 bits per heavy atom. The minimum atomic E-state index is -1.48. The van der Waals surface area contributed by atoms with Crippen LogP contribution >= 0.6 is 0 Å². The minimum absolute atomic E-state index is 0.0781. The highest BCUT2D eigenvalue weighted by atomic mass is 16.6. The van der Waals surface area contributed by atoms with E-state index in [9.17, 15) is 24.8 Å². The van der Waals surface area contributed by atoms with E-state index in [0.717, 1.165) is 6.07 Å². The summed E-state index contributed by atoms with van der Waals surface area (Å²) in [6, 6.07) is 10.3. The highest BCUT2D eigenvalue weighted by molar-refractivity contribution is 5.94. The third kappa shape index (κ3) is 5.88. The number of anilines is 2. The van der Waals surface area contributed by atoms with E-state index < -0.39 is 17.5 Å². The zero-order chi connectivity index (χ0) is 19.8. The quantitative estimate of drug-likeness (QED) is 0.484. The Morgan fingerprint density at radius 2 is 1.85 bits per heavy atom. The van der Waals surface area contributed by atoms with E-state index in [1.54, 1.807) is 24.3 Å². The van der Waals surface area contributed by atoms with Gasteiger partial charge in [-0.2, -0.15) is 0 Å². The molecule has 0 saturated heterocycles. The van der Waals surface area contributed by atoms with Crippen LogP contribution in [0.3, 0.4) is 0 Å². The second-order valence-electron chi connectivity index (χ2n) is 5.23. The number of carbonyl (C=O) groups excluding carboxylic acids is 2. The molecule has 0 unspecified atom stereocenters. The number of nitro benzene ring substituents is 1. The molecule has 1 amide bonds. The van der Waals surface area contributed by atoms with Gasteiger partial charge >= 0.3 is 0 Å². The number of amides is 1. The molecule has 10 heteroatoms. The van der Waals surface area contributed by atoms with Gasteiger partial charge in [0.2, 0.25) is 5.91 Å². The monoisotopic (exact) mass is 374 g/mol. The first-order chi connectivity index (χ1) is 12.9. The fourth-order valence-electron chi connectivity index (χ4n) is 2.08. The van der Waals surface area contributed by atoms with Crippen molar-refractivity contribution in [3.8, 4) is 11.5 Å². The van der Waals surface area contributed by atoms with Gasteiger partial charge in [0.15, 0.2) is 0 Å². The van der Waals surface area contributed by atoms with E-state index in [1.807, 2.05) is 0 Å². The molecular formula is C17H16N3O7-. The maximum absolute atomic E-state index is 12.0. The van der Waals surface area contributed by atoms with Crippen molar-refractivity contribution in [3.05, 3.63) is 52.6 Å². The van der Waals surface area contributed by atoms with Crippen LogP contribution in [0.25, 0.3) is 0 Å². The van der Waals surface area contributed by atoms with Gasteiger partial charge in [-0.05, 0) is 30.3 Å². The smallest absolute Gasteiger partial charge is 0.273 e. The number of benzene rings is 2. The molecule has 0 saturated carbocycles. The summed E-state index contributed by atoms with van der Waals surface area (Å²) in [5.41, 5.74) is 0.503. The number of ether oxygens (including phenoxy) is 2. The molecule has 0 aromatic heterocycles. The summed E-state index contributed by atoms with van der Waals surface area (Å²) in [5.74, 6) is -1.30. The van der Waals surface area contributed by atoms with Crippen LogP contribution in [0.4, 0.5) is 17.1 Å². The standard InChI is InChI=1S/C17H17N3O7/c1-26-13-5-2-11(3-6-13)19-16(21)9-18-14-7-4-12(20(24)25)8-15(14)27-10-17(22)23/h2-8,18H,9-10H2,1H3,(H,19,21)(H,22,23)/p-1. The van der Waals surface area contributed by atoms with E-state index in [4.69, 9.17) is 9.47 Å². The van der Waals surface area contributed by atoms with Crippen LogP contribution in [0, 0.1) is 10.1 Å². The lowest BCUT2D eigenvalue weighted by atomic mass is 10.2. The van der Waals surface area contributed by atoms with Crippen molar-refractivity contribution in [2.24, 2.45) is 0 Å². The molecule has 0 heterocycles. The Hall–Kier alpha value is -3.82. The maximum Gasteiger partial charge on any atom is 0.273 e. The molecule has 0 aliphatic rings. The van der Waals surface area contributed by atoms with E-state index in [2.05, 4.69) is 10.6 Å². The van der Waals surface area contributed by atoms with Gasteiger partial charge in [-0.25, -0.2) is 0 Å². The lowest BCUT2D eigenvalue weighted by Gasteiger charge is -2.13. The topological polar surface area (TPSA) is 143 Å². The molecule has 2 aromatic rings. The van der Waals surface area contributed by atoms with Gasteiger partial charge < -0.3 is 30.0 Å². The first kappa shape index (κ1) is 19.5. The molecule has 0 bridgehead atoms. The average molecular weight is 374 g/mol. The second kappa shape index (κ2) is 9.04. The molecule has 2 rings (SSSR count). The van der Waals surface area contributed by atoms with Gasteiger partial charge in [0, 0.05) is 11.8 Å². The second-order valence-corrected chi connectivity index (χ2v) is 5.23. The number of hydrogen-bond donors (Lipinski definition) is 2. The molecule has 0 aliphatic heterocycles. The zero-order valence-electron chi connectivity index (χ0n) is 14.3. The number of carboxylic acid groups (broad SMARTS) is 1. The third-order valence-electron chi connectivity index (χ3n) is 3.33. The Balaban J connectivity index is 2.02. The number of hydrogen-bond acceptors (Lipinski definition) is 8. The van der Waals surface area contributed by atoms with Crippen molar-refractivity contribution >= 4 is 28.9 Å². The van der Waals surface area contributed by atoms with Crippen molar-refractivity contribution in [2.75, 3.05) is 30.9 Å². The van der Waals surface area contributed by atoms with E-state index >= 15 is 0 Å². The van der Waals surface area contributed by atoms with Crippen LogP contribution in [0.1, 0.15) is 0 Å². The summed E-state index contributed by atoms with van der Waals surface area (Å²) in [6.45, 7) is -0.959. The predicted molar refractivity (Wildman–Crippen MR) is 93.7 cm³/mol. The van der Waals surface area contributed by atoms with Crippen LogP contribution in [0.2, 0.25) is 0 Å². The molecule has 0 aliphatic carbocycles. The van der Waals surface area contributed by atoms with Crippen molar-refractivity contribution in [2.45, 2.75) is 0 Å².